The molecule has 0 spiro atoms. The largest absolute Gasteiger partial charge is 0.416 e. The van der Waals surface area contributed by atoms with Crippen molar-refractivity contribution in [1.29, 1.82) is 0 Å². The molecule has 0 bridgehead atoms. The summed E-state index contributed by atoms with van der Waals surface area (Å²) < 4.78 is 37.5. The highest BCUT2D eigenvalue weighted by atomic mass is 35.5. The molecule has 0 fully saturated rings. The number of nitrogens with one attached hydrogen (secondary N) is 1. The van der Waals surface area contributed by atoms with Crippen LogP contribution in [-0.2, 0) is 15.8 Å². The van der Waals surface area contributed by atoms with E-state index in [-0.39, 0.29) is 21.6 Å². The normalized spacial score (nSPS) is 11.3. The summed E-state index contributed by atoms with van der Waals surface area (Å²) in [7, 11) is 0. The van der Waals surface area contributed by atoms with Gasteiger partial charge in [0, 0.05) is 0 Å². The van der Waals surface area contributed by atoms with Crippen molar-refractivity contribution >= 4 is 52.2 Å². The molecule has 110 valence electrons. The van der Waals surface area contributed by atoms with Crippen molar-refractivity contribution in [2.45, 2.75) is 12.6 Å². The number of hydrogen-bond acceptors (Lipinski definition) is 2. The summed E-state index contributed by atoms with van der Waals surface area (Å²) >= 11 is 16.5. The summed E-state index contributed by atoms with van der Waals surface area (Å²) in [5, 5.41) is 1.42. The summed E-state index contributed by atoms with van der Waals surface area (Å²) in [6.45, 7) is 0. The fraction of sp³-hybridized carbons (Fsp3) is 0.273. The number of anilines is 1. The molecule has 9 heteroatoms. The fourth-order valence-corrected chi connectivity index (χ4v) is 1.94. The van der Waals surface area contributed by atoms with Crippen molar-refractivity contribution in [3.63, 3.8) is 0 Å². The van der Waals surface area contributed by atoms with Crippen LogP contribution in [0.3, 0.4) is 0 Å². The molecule has 0 saturated heterocycles. The van der Waals surface area contributed by atoms with Crippen LogP contribution >= 0.6 is 34.8 Å². The van der Waals surface area contributed by atoms with Crippen molar-refractivity contribution in [2.75, 3.05) is 11.2 Å². The van der Waals surface area contributed by atoms with Crippen molar-refractivity contribution in [3.8, 4) is 0 Å². The Labute approximate surface area is 127 Å². The lowest BCUT2D eigenvalue weighted by molar-refractivity contribution is -0.137. The molecule has 0 aliphatic carbocycles. The van der Waals surface area contributed by atoms with Gasteiger partial charge in [-0.1, -0.05) is 23.2 Å². The molecule has 1 rings (SSSR count). The van der Waals surface area contributed by atoms with Gasteiger partial charge < -0.3 is 5.32 Å². The number of benzene rings is 1. The quantitative estimate of drug-likeness (QED) is 0.656. The zero-order valence-electron chi connectivity index (χ0n) is 9.65. The van der Waals surface area contributed by atoms with Crippen LogP contribution in [0.25, 0.3) is 0 Å². The molecule has 0 atom stereocenters. The SMILES string of the molecule is O=C(CCl)CC(=O)Nc1c(Cl)cc(C(F)(F)F)cc1Cl. The van der Waals surface area contributed by atoms with Gasteiger partial charge in [0.2, 0.25) is 5.91 Å². The lowest BCUT2D eigenvalue weighted by Crippen LogP contribution is -2.18. The van der Waals surface area contributed by atoms with Crippen molar-refractivity contribution in [3.05, 3.63) is 27.7 Å². The van der Waals surface area contributed by atoms with Gasteiger partial charge in [0.25, 0.3) is 0 Å². The second-order valence-electron chi connectivity index (χ2n) is 3.71. The van der Waals surface area contributed by atoms with Crippen LogP contribution in [0.4, 0.5) is 18.9 Å². The van der Waals surface area contributed by atoms with Crippen LogP contribution in [0.2, 0.25) is 10.0 Å². The number of ketones is 1. The van der Waals surface area contributed by atoms with E-state index in [0.29, 0.717) is 12.1 Å². The van der Waals surface area contributed by atoms with Crippen LogP contribution in [0.5, 0.6) is 0 Å². The van der Waals surface area contributed by atoms with Crippen LogP contribution in [0, 0.1) is 0 Å². The molecule has 0 radical (unpaired) electrons. The van der Waals surface area contributed by atoms with E-state index in [1.54, 1.807) is 0 Å². The van der Waals surface area contributed by atoms with Gasteiger partial charge in [-0.2, -0.15) is 13.2 Å². The fourth-order valence-electron chi connectivity index (χ4n) is 1.27. The van der Waals surface area contributed by atoms with E-state index in [0.717, 1.165) is 0 Å². The molecule has 1 N–H and O–H groups in total. The molecule has 20 heavy (non-hydrogen) atoms. The maximum atomic E-state index is 12.5. The Bertz CT molecular complexity index is 523. The van der Waals surface area contributed by atoms with Crippen molar-refractivity contribution in [1.82, 2.24) is 0 Å². The van der Waals surface area contributed by atoms with Crippen LogP contribution in [-0.4, -0.2) is 17.6 Å². The van der Waals surface area contributed by atoms with Crippen molar-refractivity contribution in [2.24, 2.45) is 0 Å². The van der Waals surface area contributed by atoms with Gasteiger partial charge in [0.05, 0.1) is 33.6 Å². The summed E-state index contributed by atoms with van der Waals surface area (Å²) in [5.41, 5.74) is -1.23. The minimum Gasteiger partial charge on any atom is -0.323 e. The van der Waals surface area contributed by atoms with Crippen LogP contribution < -0.4 is 5.32 Å². The zero-order valence-corrected chi connectivity index (χ0v) is 11.9. The highest BCUT2D eigenvalue weighted by Crippen LogP contribution is 2.38. The maximum absolute atomic E-state index is 12.5. The number of rotatable bonds is 4. The molecule has 0 saturated carbocycles. The van der Waals surface area contributed by atoms with Gasteiger partial charge in [-0.15, -0.1) is 11.6 Å². The van der Waals surface area contributed by atoms with E-state index in [2.05, 4.69) is 5.32 Å². The van der Waals surface area contributed by atoms with Gasteiger partial charge in [-0.3, -0.25) is 9.59 Å². The monoisotopic (exact) mass is 347 g/mol. The Hall–Kier alpha value is -0.980. The molecular formula is C11H7Cl3F3NO2. The first-order valence-electron chi connectivity index (χ1n) is 5.09. The number of amides is 1. The first-order chi connectivity index (χ1) is 9.15. The standard InChI is InChI=1S/C11H7Cl3F3NO2/c12-4-6(19)3-9(20)18-10-7(13)1-5(2-8(10)14)11(15,16)17/h1-2H,3-4H2,(H,18,20). The third-order valence-corrected chi connectivity index (χ3v) is 3.03. The first kappa shape index (κ1) is 17.1. The van der Waals surface area contributed by atoms with Gasteiger partial charge in [-0.05, 0) is 12.1 Å². The zero-order chi connectivity index (χ0) is 15.5. The molecule has 3 nitrogen and oxygen atoms in total. The third kappa shape index (κ3) is 4.54. The van der Waals surface area contributed by atoms with Crippen LogP contribution in [0.15, 0.2) is 12.1 Å². The Morgan fingerprint density at radius 3 is 2.05 bits per heavy atom. The van der Waals surface area contributed by atoms with Crippen molar-refractivity contribution < 1.29 is 22.8 Å². The average Bonchev–Trinajstić information content (AvgIpc) is 2.32. The lowest BCUT2D eigenvalue weighted by Gasteiger charge is -2.13. The Kier molecular flexibility index (Phi) is 5.68. The molecule has 0 aliphatic heterocycles. The van der Waals surface area contributed by atoms with E-state index >= 15 is 0 Å². The van der Waals surface area contributed by atoms with E-state index < -0.39 is 29.9 Å². The average molecular weight is 349 g/mol. The number of Topliss-reactive ketones (excluding diaryl/α,β-unsaturated/α-hetero) is 1. The highest BCUT2D eigenvalue weighted by Gasteiger charge is 2.32. The summed E-state index contributed by atoms with van der Waals surface area (Å²) in [6.07, 6.45) is -5.12. The summed E-state index contributed by atoms with van der Waals surface area (Å²) in [4.78, 5) is 22.4. The third-order valence-electron chi connectivity index (χ3n) is 2.14. The Balaban J connectivity index is 2.98. The van der Waals surface area contributed by atoms with E-state index in [1.807, 2.05) is 0 Å². The number of alkyl halides is 4. The summed E-state index contributed by atoms with van der Waals surface area (Å²) in [5.74, 6) is -1.65. The van der Waals surface area contributed by atoms with E-state index in [1.165, 1.54) is 0 Å². The van der Waals surface area contributed by atoms with Gasteiger partial charge in [0.1, 0.15) is 0 Å². The Morgan fingerprint density at radius 1 is 1.15 bits per heavy atom. The Morgan fingerprint density at radius 2 is 1.65 bits per heavy atom. The molecule has 1 amide bonds. The first-order valence-corrected chi connectivity index (χ1v) is 6.38. The predicted molar refractivity (Wildman–Crippen MR) is 70.4 cm³/mol. The minimum absolute atomic E-state index is 0.186. The highest BCUT2D eigenvalue weighted by molar-refractivity contribution is 6.40. The van der Waals surface area contributed by atoms with Gasteiger partial charge in [0.15, 0.2) is 5.78 Å². The minimum atomic E-state index is -4.61. The lowest BCUT2D eigenvalue weighted by atomic mass is 10.2. The van der Waals surface area contributed by atoms with Crippen LogP contribution in [0.1, 0.15) is 12.0 Å². The second kappa shape index (κ2) is 6.65. The molecule has 0 heterocycles. The topological polar surface area (TPSA) is 46.2 Å². The molecule has 0 aliphatic rings. The number of hydrogen-bond donors (Lipinski definition) is 1. The maximum Gasteiger partial charge on any atom is 0.416 e. The molecular weight excluding hydrogens is 341 g/mol. The number of carbonyl (C=O) groups is 2. The van der Waals surface area contributed by atoms with E-state index in [9.17, 15) is 22.8 Å². The molecule has 1 aromatic carbocycles. The van der Waals surface area contributed by atoms with Gasteiger partial charge >= 0.3 is 6.18 Å². The van der Waals surface area contributed by atoms with Gasteiger partial charge in [-0.25, -0.2) is 0 Å². The molecule has 1 aromatic rings. The summed E-state index contributed by atoms with van der Waals surface area (Å²) in [6, 6.07) is 1.26. The molecule has 0 unspecified atom stereocenters. The second-order valence-corrected chi connectivity index (χ2v) is 4.79. The van der Waals surface area contributed by atoms with E-state index in [4.69, 9.17) is 34.8 Å². The predicted octanol–water partition coefficient (Wildman–Crippen LogP) is 4.15. The number of carbonyl (C=O) groups excluding carboxylic acids is 2. The smallest absolute Gasteiger partial charge is 0.323 e. The molecule has 0 aromatic heterocycles. The number of halogens is 6.